The maximum absolute atomic E-state index is 12.6. The summed E-state index contributed by atoms with van der Waals surface area (Å²) in [6.45, 7) is 3.49. The predicted octanol–water partition coefficient (Wildman–Crippen LogP) is 11.3. The zero-order chi connectivity index (χ0) is 40.8. The molecule has 1 rings (SSSR count). The molecule has 0 saturated carbocycles. The minimum absolute atomic E-state index is 0.0362. The molecule has 0 aromatic carbocycles. The van der Waals surface area contributed by atoms with Gasteiger partial charge in [0, 0.05) is 19.4 Å². The van der Waals surface area contributed by atoms with Gasteiger partial charge in [-0.1, -0.05) is 138 Å². The van der Waals surface area contributed by atoms with Crippen molar-refractivity contribution in [1.82, 2.24) is 0 Å². The van der Waals surface area contributed by atoms with Gasteiger partial charge < -0.3 is 24.8 Å². The first-order valence-electron chi connectivity index (χ1n) is 21.5. The maximum Gasteiger partial charge on any atom is 0.472 e. The second-order valence-corrected chi connectivity index (χ2v) is 15.7. The van der Waals surface area contributed by atoms with Crippen molar-refractivity contribution in [1.29, 1.82) is 0 Å². The van der Waals surface area contributed by atoms with Gasteiger partial charge in [-0.05, 0) is 77.0 Å². The summed E-state index contributed by atoms with van der Waals surface area (Å²) in [5, 5.41) is 0. The van der Waals surface area contributed by atoms with Gasteiger partial charge in [0.05, 0.1) is 25.4 Å². The molecule has 1 saturated heterocycles. The van der Waals surface area contributed by atoms with Gasteiger partial charge in [0.2, 0.25) is 0 Å². The molecule has 0 bridgehead atoms. The van der Waals surface area contributed by atoms with Crippen molar-refractivity contribution < 1.29 is 42.3 Å². The van der Waals surface area contributed by atoms with E-state index in [9.17, 15) is 19.0 Å². The van der Waals surface area contributed by atoms with E-state index < -0.39 is 32.5 Å². The Balaban J connectivity index is 2.24. The minimum atomic E-state index is -4.40. The molecule has 0 amide bonds. The number of hydrogen-bond donors (Lipinski definition) is 2. The molecule has 320 valence electrons. The lowest BCUT2D eigenvalue weighted by atomic mass is 10.1. The molecular weight excluding hydrogens is 729 g/mol. The van der Waals surface area contributed by atoms with Gasteiger partial charge in [-0.3, -0.25) is 18.6 Å². The topological polar surface area (TPSA) is 147 Å². The molecule has 0 aliphatic carbocycles. The first-order valence-corrected chi connectivity index (χ1v) is 23.0. The van der Waals surface area contributed by atoms with Gasteiger partial charge in [-0.25, -0.2) is 4.57 Å². The quantitative estimate of drug-likeness (QED) is 0.0203. The molecule has 3 N–H and O–H groups in total. The largest absolute Gasteiger partial charge is 0.472 e. The number of carbonyl (C=O) groups excluding carboxylic acids is 2. The van der Waals surface area contributed by atoms with Gasteiger partial charge in [-0.2, -0.15) is 0 Å². The molecule has 11 heteroatoms. The Bertz CT molecular complexity index is 1210. The van der Waals surface area contributed by atoms with Gasteiger partial charge in [0.15, 0.2) is 6.10 Å². The highest BCUT2D eigenvalue weighted by Crippen LogP contribution is 2.43. The standard InChI is InChI=1S/C45H76NO9P/c1-3-5-7-8-9-10-11-12-13-14-18-21-24-27-31-35-44(47)51-39-41(40-53-56(49,50)52-38-37-46)54-45(48)36-32-28-25-22-19-16-15-17-20-23-26-30-34-43-42(55-43)33-29-6-4-2/h6,10-11,16-17,19-20,25-26,28-30,41-43H,3-5,7-9,12-15,18,21-24,27,31-40,46H2,1-2H3,(H,49,50)/b11-10-,19-16-,20-17-,28-25-,29-6-,30-26-/t41-,42?,43?/m1/s1. The highest BCUT2D eigenvalue weighted by molar-refractivity contribution is 7.47. The molecule has 10 nitrogen and oxygen atoms in total. The smallest absolute Gasteiger partial charge is 0.462 e. The number of ether oxygens (including phenoxy) is 3. The fraction of sp³-hybridized carbons (Fsp3) is 0.689. The Morgan fingerprint density at radius 2 is 1.18 bits per heavy atom. The number of hydrogen-bond acceptors (Lipinski definition) is 9. The van der Waals surface area contributed by atoms with E-state index in [-0.39, 0.29) is 32.6 Å². The molecule has 0 radical (unpaired) electrons. The highest BCUT2D eigenvalue weighted by Gasteiger charge is 2.36. The Hall–Kier alpha value is -2.59. The van der Waals surface area contributed by atoms with Crippen molar-refractivity contribution in [2.24, 2.45) is 5.73 Å². The summed E-state index contributed by atoms with van der Waals surface area (Å²) in [7, 11) is -4.40. The number of phosphoric ester groups is 1. The Labute approximate surface area is 339 Å². The van der Waals surface area contributed by atoms with Crippen LogP contribution in [0.5, 0.6) is 0 Å². The Kier molecular flexibility index (Phi) is 33.7. The molecule has 1 aliphatic heterocycles. The number of allylic oxidation sites excluding steroid dienone is 10. The maximum atomic E-state index is 12.6. The third-order valence-corrected chi connectivity index (χ3v) is 9.98. The van der Waals surface area contributed by atoms with Crippen molar-refractivity contribution in [2.75, 3.05) is 26.4 Å². The van der Waals surface area contributed by atoms with Gasteiger partial charge in [0.25, 0.3) is 0 Å². The van der Waals surface area contributed by atoms with Crippen LogP contribution in [0.1, 0.15) is 155 Å². The van der Waals surface area contributed by atoms with E-state index in [1.807, 2.05) is 12.2 Å². The van der Waals surface area contributed by atoms with Crippen LogP contribution in [0.3, 0.4) is 0 Å². The molecule has 56 heavy (non-hydrogen) atoms. The normalized spacial score (nSPS) is 17.6. The fourth-order valence-electron chi connectivity index (χ4n) is 5.70. The Morgan fingerprint density at radius 3 is 1.79 bits per heavy atom. The van der Waals surface area contributed by atoms with Crippen LogP contribution in [0.4, 0.5) is 0 Å². The van der Waals surface area contributed by atoms with Crippen LogP contribution < -0.4 is 5.73 Å². The number of unbranched alkanes of at least 4 members (excludes halogenated alkanes) is 11. The Morgan fingerprint density at radius 1 is 0.643 bits per heavy atom. The van der Waals surface area contributed by atoms with Crippen molar-refractivity contribution in [3.63, 3.8) is 0 Å². The van der Waals surface area contributed by atoms with E-state index >= 15 is 0 Å². The SMILES string of the molecule is CC/C=C\CC1OC1C/C=C\C/C=C\C/C=C\C/C=C\CCC(=O)O[C@H](COC(=O)CCCCCCCCC/C=C\CCCCCC)COP(=O)(O)OCCN. The summed E-state index contributed by atoms with van der Waals surface area (Å²) >= 11 is 0. The average Bonchev–Trinajstić information content (AvgIpc) is 3.94. The van der Waals surface area contributed by atoms with Crippen molar-refractivity contribution in [3.05, 3.63) is 72.9 Å². The number of carbonyl (C=O) groups is 2. The van der Waals surface area contributed by atoms with E-state index in [2.05, 4.69) is 74.6 Å². The van der Waals surface area contributed by atoms with Gasteiger partial charge in [0.1, 0.15) is 6.61 Å². The number of epoxide rings is 1. The lowest BCUT2D eigenvalue weighted by molar-refractivity contribution is -0.161. The first-order chi connectivity index (χ1) is 27.3. The average molecular weight is 806 g/mol. The summed E-state index contributed by atoms with van der Waals surface area (Å²) in [5.74, 6) is -0.942. The third-order valence-electron chi connectivity index (χ3n) is 8.99. The van der Waals surface area contributed by atoms with Crippen LogP contribution in [-0.2, 0) is 37.4 Å². The second kappa shape index (κ2) is 36.7. The van der Waals surface area contributed by atoms with Crippen LogP contribution in [0, 0.1) is 0 Å². The molecule has 1 heterocycles. The molecular formula is C45H76NO9P. The molecule has 1 fully saturated rings. The van der Waals surface area contributed by atoms with E-state index in [1.54, 1.807) is 0 Å². The molecule has 1 aliphatic rings. The lowest BCUT2D eigenvalue weighted by Gasteiger charge is -2.19. The third kappa shape index (κ3) is 33.5. The number of esters is 2. The van der Waals surface area contributed by atoms with Crippen molar-refractivity contribution in [3.8, 4) is 0 Å². The van der Waals surface area contributed by atoms with E-state index in [1.165, 1.54) is 51.4 Å². The predicted molar refractivity (Wildman–Crippen MR) is 228 cm³/mol. The zero-order valence-corrected chi connectivity index (χ0v) is 35.7. The molecule has 4 atom stereocenters. The first kappa shape index (κ1) is 51.4. The van der Waals surface area contributed by atoms with Crippen molar-refractivity contribution in [2.45, 2.75) is 173 Å². The molecule has 0 aromatic heterocycles. The number of nitrogens with two attached hydrogens (primary N) is 1. The van der Waals surface area contributed by atoms with Crippen LogP contribution in [0.25, 0.3) is 0 Å². The van der Waals surface area contributed by atoms with Crippen molar-refractivity contribution >= 4 is 19.8 Å². The fourth-order valence-corrected chi connectivity index (χ4v) is 6.46. The summed E-state index contributed by atoms with van der Waals surface area (Å²) in [5.41, 5.74) is 5.34. The van der Waals surface area contributed by atoms with Crippen LogP contribution in [0.2, 0.25) is 0 Å². The van der Waals surface area contributed by atoms with Crippen LogP contribution in [-0.4, -0.2) is 61.5 Å². The van der Waals surface area contributed by atoms with E-state index in [4.69, 9.17) is 29.0 Å². The number of phosphoric acid groups is 1. The minimum Gasteiger partial charge on any atom is -0.462 e. The summed E-state index contributed by atoms with van der Waals surface area (Å²) in [6, 6.07) is 0. The zero-order valence-electron chi connectivity index (χ0n) is 34.8. The van der Waals surface area contributed by atoms with Crippen LogP contribution >= 0.6 is 7.82 Å². The molecule has 3 unspecified atom stereocenters. The summed E-state index contributed by atoms with van der Waals surface area (Å²) in [6.07, 6.45) is 47.0. The van der Waals surface area contributed by atoms with E-state index in [0.717, 1.165) is 64.2 Å². The summed E-state index contributed by atoms with van der Waals surface area (Å²) < 4.78 is 38.3. The second-order valence-electron chi connectivity index (χ2n) is 14.2. The van der Waals surface area contributed by atoms with Gasteiger partial charge >= 0.3 is 19.8 Å². The highest BCUT2D eigenvalue weighted by atomic mass is 31.2. The van der Waals surface area contributed by atoms with Crippen LogP contribution in [0.15, 0.2) is 72.9 Å². The van der Waals surface area contributed by atoms with Gasteiger partial charge in [-0.15, -0.1) is 0 Å². The monoisotopic (exact) mass is 806 g/mol. The lowest BCUT2D eigenvalue weighted by Crippen LogP contribution is -2.29. The summed E-state index contributed by atoms with van der Waals surface area (Å²) in [4.78, 5) is 34.8. The molecule has 0 spiro atoms. The number of rotatable bonds is 38. The molecule has 0 aromatic rings. The van der Waals surface area contributed by atoms with E-state index in [0.29, 0.717) is 25.0 Å².